The summed E-state index contributed by atoms with van der Waals surface area (Å²) in [6, 6.07) is 8.88. The quantitative estimate of drug-likeness (QED) is 0.663. The topological polar surface area (TPSA) is 0 Å². The van der Waals surface area contributed by atoms with E-state index in [1.54, 1.807) is 11.1 Å². The molecule has 0 heterocycles. The second kappa shape index (κ2) is 4.82. The molecule has 1 aliphatic carbocycles. The summed E-state index contributed by atoms with van der Waals surface area (Å²) in [5.74, 6) is 0. The predicted octanol–water partition coefficient (Wildman–Crippen LogP) is 3.87. The average Bonchev–Trinajstić information content (AvgIpc) is 2.41. The molecule has 0 fully saturated rings. The molecule has 1 aromatic rings. The molecular weight excluding hydrogens is 232 g/mol. The number of benzene rings is 1. The zero-order chi connectivity index (χ0) is 10.3. The average molecular weight is 249 g/mol. The van der Waals surface area contributed by atoms with Crippen molar-refractivity contribution in [3.63, 3.8) is 0 Å². The van der Waals surface area contributed by atoms with Crippen molar-refractivity contribution in [1.29, 1.82) is 0 Å². The van der Waals surface area contributed by atoms with E-state index >= 15 is 0 Å². The molecule has 0 aliphatic heterocycles. The molecule has 1 radical (unpaired) electrons. The van der Waals surface area contributed by atoms with Crippen molar-refractivity contribution >= 4 is 14.4 Å². The molecule has 77 valence electrons. The molecule has 2 heteroatoms. The maximum absolute atomic E-state index is 2.41. The Kier molecular flexibility index (Phi) is 4.16. The number of allylic oxidation sites excluding steroid dienone is 2. The molecule has 15 heavy (non-hydrogen) atoms. The molecule has 0 saturated carbocycles. The van der Waals surface area contributed by atoms with Crippen LogP contribution in [0.5, 0.6) is 0 Å². The van der Waals surface area contributed by atoms with Gasteiger partial charge in [0.15, 0.2) is 0 Å². The van der Waals surface area contributed by atoms with Gasteiger partial charge < -0.3 is 0 Å². The third-order valence-electron chi connectivity index (χ3n) is 3.28. The Hall–Kier alpha value is -0.109. The van der Waals surface area contributed by atoms with Crippen molar-refractivity contribution < 1.29 is 21.7 Å². The predicted molar refractivity (Wildman–Crippen MR) is 64.9 cm³/mol. The molecule has 0 saturated heterocycles. The maximum atomic E-state index is 2.41. The second-order valence-electron chi connectivity index (χ2n) is 4.41. The van der Waals surface area contributed by atoms with Crippen molar-refractivity contribution in [2.24, 2.45) is 0 Å². The Balaban J connectivity index is 0.00000112. The summed E-state index contributed by atoms with van der Waals surface area (Å²) >= 11 is 0. The summed E-state index contributed by atoms with van der Waals surface area (Å²) < 4.78 is 0. The molecule has 2 rings (SSSR count). The van der Waals surface area contributed by atoms with Gasteiger partial charge in [0.25, 0.3) is 0 Å². The third-order valence-corrected chi connectivity index (χ3v) is 5.18. The van der Waals surface area contributed by atoms with Crippen molar-refractivity contribution in [1.82, 2.24) is 0 Å². The third kappa shape index (κ3) is 2.06. The summed E-state index contributed by atoms with van der Waals surface area (Å²) in [6.07, 6.45) is 0. The van der Waals surface area contributed by atoms with E-state index in [1.807, 2.05) is 0 Å². The van der Waals surface area contributed by atoms with Crippen LogP contribution in [0.15, 0.2) is 29.8 Å². The van der Waals surface area contributed by atoms with Gasteiger partial charge >= 0.3 is 0 Å². The first kappa shape index (κ1) is 13.0. The van der Waals surface area contributed by atoms with Gasteiger partial charge in [-0.05, 0) is 36.1 Å². The summed E-state index contributed by atoms with van der Waals surface area (Å²) in [5, 5.41) is 0. The van der Waals surface area contributed by atoms with Crippen LogP contribution in [0, 0.1) is 0 Å². The molecule has 0 spiro atoms. The first-order valence-corrected chi connectivity index (χ1v) is 7.77. The number of rotatable bonds is 1. The zero-order valence-corrected chi connectivity index (χ0v) is 12.4. The number of fused-ring (bicyclic) bond motifs is 1. The van der Waals surface area contributed by atoms with Crippen LogP contribution in [-0.4, -0.2) is 8.80 Å². The smallest absolute Gasteiger partial charge is 0.0552 e. The van der Waals surface area contributed by atoms with Gasteiger partial charge in [0.05, 0.1) is 8.80 Å². The fraction of sp³-hybridized carbons (Fsp3) is 0.385. The van der Waals surface area contributed by atoms with Gasteiger partial charge in [0.2, 0.25) is 0 Å². The van der Waals surface area contributed by atoms with Gasteiger partial charge in [-0.15, -0.1) is 0 Å². The standard InChI is InChI=1S/C13H17Si.Ti/c1-9-10(2)13(14(3)4)12-8-6-5-7-11(9)12;/h5-8,13H,1-4H3;. The van der Waals surface area contributed by atoms with E-state index in [1.165, 1.54) is 11.1 Å². The first-order valence-electron chi connectivity index (χ1n) is 5.19. The molecule has 0 N–H and O–H groups in total. The van der Waals surface area contributed by atoms with Crippen molar-refractivity contribution in [2.45, 2.75) is 32.5 Å². The van der Waals surface area contributed by atoms with Crippen LogP contribution in [0.3, 0.4) is 0 Å². The summed E-state index contributed by atoms with van der Waals surface area (Å²) in [4.78, 5) is 0. The van der Waals surface area contributed by atoms with Gasteiger partial charge in [-0.2, -0.15) is 0 Å². The Morgan fingerprint density at radius 1 is 1.07 bits per heavy atom. The largest absolute Gasteiger partial charge is 0.0705 e. The van der Waals surface area contributed by atoms with Crippen LogP contribution < -0.4 is 0 Å². The van der Waals surface area contributed by atoms with E-state index in [4.69, 9.17) is 0 Å². The molecule has 1 aromatic carbocycles. The molecule has 0 amide bonds. The maximum Gasteiger partial charge on any atom is 0.0552 e. The van der Waals surface area contributed by atoms with Crippen LogP contribution in [0.2, 0.25) is 13.1 Å². The van der Waals surface area contributed by atoms with E-state index in [0.717, 1.165) is 5.54 Å². The van der Waals surface area contributed by atoms with Crippen LogP contribution in [-0.2, 0) is 21.7 Å². The Morgan fingerprint density at radius 2 is 1.67 bits per heavy atom. The molecule has 0 bridgehead atoms. The number of hydrogen-bond acceptors (Lipinski definition) is 0. The molecular formula is C13H17SiTi. The summed E-state index contributed by atoms with van der Waals surface area (Å²) in [6.45, 7) is 9.39. The second-order valence-corrected chi connectivity index (χ2v) is 7.14. The normalized spacial score (nSPS) is 19.1. The first-order chi connectivity index (χ1) is 6.63. The van der Waals surface area contributed by atoms with E-state index in [-0.39, 0.29) is 30.5 Å². The van der Waals surface area contributed by atoms with Crippen molar-refractivity contribution in [3.8, 4) is 0 Å². The molecule has 0 nitrogen and oxygen atoms in total. The molecule has 0 aromatic heterocycles. The van der Waals surface area contributed by atoms with Crippen molar-refractivity contribution in [3.05, 3.63) is 41.0 Å². The zero-order valence-electron chi connectivity index (χ0n) is 9.89. The van der Waals surface area contributed by atoms with E-state index in [9.17, 15) is 0 Å². The van der Waals surface area contributed by atoms with Gasteiger partial charge in [0.1, 0.15) is 0 Å². The van der Waals surface area contributed by atoms with Crippen LogP contribution >= 0.6 is 0 Å². The SMILES string of the molecule is CC1=C(C)C([Si](C)C)c2ccccc21.[Ti]. The monoisotopic (exact) mass is 249 g/mol. The molecule has 1 unspecified atom stereocenters. The van der Waals surface area contributed by atoms with Gasteiger partial charge in [-0.25, -0.2) is 0 Å². The van der Waals surface area contributed by atoms with E-state index in [2.05, 4.69) is 51.2 Å². The number of hydrogen-bond donors (Lipinski definition) is 0. The Bertz CT molecular complexity index is 393. The van der Waals surface area contributed by atoms with Crippen LogP contribution in [0.1, 0.15) is 30.5 Å². The fourth-order valence-corrected chi connectivity index (χ4v) is 4.45. The fourth-order valence-electron chi connectivity index (χ4n) is 2.50. The molecule has 1 atom stereocenters. The Morgan fingerprint density at radius 3 is 2.27 bits per heavy atom. The summed E-state index contributed by atoms with van der Waals surface area (Å²) in [7, 11) is -0.263. The minimum absolute atomic E-state index is 0. The van der Waals surface area contributed by atoms with Crippen LogP contribution in [0.4, 0.5) is 0 Å². The summed E-state index contributed by atoms with van der Waals surface area (Å²) in [5.41, 5.74) is 6.92. The van der Waals surface area contributed by atoms with E-state index in [0.29, 0.717) is 0 Å². The minimum atomic E-state index is -0.263. The van der Waals surface area contributed by atoms with Crippen LogP contribution in [0.25, 0.3) is 5.57 Å². The Labute approximate surface area is 109 Å². The van der Waals surface area contributed by atoms with Gasteiger partial charge in [-0.1, -0.05) is 42.9 Å². The minimum Gasteiger partial charge on any atom is -0.0705 e. The van der Waals surface area contributed by atoms with Gasteiger partial charge in [0, 0.05) is 21.7 Å². The van der Waals surface area contributed by atoms with E-state index < -0.39 is 0 Å². The molecule has 1 aliphatic rings. The van der Waals surface area contributed by atoms with Gasteiger partial charge in [-0.3, -0.25) is 0 Å². The van der Waals surface area contributed by atoms with Crippen molar-refractivity contribution in [2.75, 3.05) is 0 Å².